The van der Waals surface area contributed by atoms with Gasteiger partial charge in [0.25, 0.3) is 5.56 Å². The lowest BCUT2D eigenvalue weighted by molar-refractivity contribution is 0.0439. The number of aromatic nitrogens is 1. The van der Waals surface area contributed by atoms with Gasteiger partial charge in [0.1, 0.15) is 11.9 Å². The van der Waals surface area contributed by atoms with Crippen LogP contribution in [0.15, 0.2) is 29.2 Å². The van der Waals surface area contributed by atoms with Crippen molar-refractivity contribution in [2.75, 3.05) is 11.5 Å². The topological polar surface area (TPSA) is 102 Å². The number of hydrogen-bond donors (Lipinski definition) is 2. The molecule has 2 aromatic rings. The van der Waals surface area contributed by atoms with Crippen LogP contribution in [0.3, 0.4) is 0 Å². The SMILES string of the molecule is NC1CC2CS(=O)(=O)CC(C1)C2Oc1cc2cc[nH]c(=O)c2cc1Cl. The second-order valence-electron chi connectivity index (χ2n) is 7.09. The average Bonchev–Trinajstić information content (AvgIpc) is 2.50. The first-order valence-corrected chi connectivity index (χ1v) is 10.5. The van der Waals surface area contributed by atoms with E-state index in [1.807, 2.05) is 0 Å². The molecular formula is C17H19ClN2O4S. The number of hydrogen-bond acceptors (Lipinski definition) is 5. The van der Waals surface area contributed by atoms with Gasteiger partial charge in [-0.1, -0.05) is 11.6 Å². The Morgan fingerprint density at radius 1 is 1.20 bits per heavy atom. The van der Waals surface area contributed by atoms with Crippen LogP contribution in [-0.2, 0) is 9.84 Å². The minimum atomic E-state index is -3.06. The molecule has 0 amide bonds. The number of benzene rings is 1. The van der Waals surface area contributed by atoms with Gasteiger partial charge in [-0.3, -0.25) is 4.79 Å². The van der Waals surface area contributed by atoms with Crippen molar-refractivity contribution in [1.29, 1.82) is 0 Å². The van der Waals surface area contributed by atoms with Crippen molar-refractivity contribution in [2.24, 2.45) is 17.6 Å². The highest BCUT2D eigenvalue weighted by molar-refractivity contribution is 7.91. The first-order valence-electron chi connectivity index (χ1n) is 8.26. The van der Waals surface area contributed by atoms with Crippen molar-refractivity contribution in [1.82, 2.24) is 4.98 Å². The van der Waals surface area contributed by atoms with Crippen LogP contribution in [-0.4, -0.2) is 37.1 Å². The van der Waals surface area contributed by atoms with Crippen LogP contribution in [0.4, 0.5) is 0 Å². The summed E-state index contributed by atoms with van der Waals surface area (Å²) in [4.78, 5) is 14.5. The molecule has 2 unspecified atom stereocenters. The molecule has 134 valence electrons. The van der Waals surface area contributed by atoms with Crippen molar-refractivity contribution in [2.45, 2.75) is 25.0 Å². The van der Waals surface area contributed by atoms with Crippen LogP contribution >= 0.6 is 11.6 Å². The summed E-state index contributed by atoms with van der Waals surface area (Å²) in [5.74, 6) is 0.436. The number of sulfone groups is 1. The van der Waals surface area contributed by atoms with Crippen molar-refractivity contribution >= 4 is 32.2 Å². The summed E-state index contributed by atoms with van der Waals surface area (Å²) >= 11 is 6.32. The first-order chi connectivity index (χ1) is 11.8. The Bertz CT molecular complexity index is 966. The minimum absolute atomic E-state index is 0.0102. The van der Waals surface area contributed by atoms with Crippen LogP contribution in [0, 0.1) is 11.8 Å². The summed E-state index contributed by atoms with van der Waals surface area (Å²) in [6, 6.07) is 5.12. The number of fused-ring (bicyclic) bond motifs is 3. The molecule has 1 aromatic heterocycles. The lowest BCUT2D eigenvalue weighted by Gasteiger charge is -2.44. The molecule has 2 fully saturated rings. The number of nitrogens with one attached hydrogen (secondary N) is 1. The third kappa shape index (κ3) is 3.16. The normalized spacial score (nSPS) is 31.0. The lowest BCUT2D eigenvalue weighted by Crippen LogP contribution is -2.54. The summed E-state index contributed by atoms with van der Waals surface area (Å²) < 4.78 is 30.4. The van der Waals surface area contributed by atoms with E-state index in [4.69, 9.17) is 22.1 Å². The van der Waals surface area contributed by atoms with Crippen LogP contribution < -0.4 is 16.0 Å². The van der Waals surface area contributed by atoms with Crippen molar-refractivity contribution < 1.29 is 13.2 Å². The summed E-state index contributed by atoms with van der Waals surface area (Å²) in [5.41, 5.74) is 5.86. The molecule has 3 N–H and O–H groups in total. The number of ether oxygens (including phenoxy) is 1. The Kier molecular flexibility index (Phi) is 4.05. The number of nitrogens with two attached hydrogens (primary N) is 1. The first kappa shape index (κ1) is 16.9. The fourth-order valence-electron chi connectivity index (χ4n) is 4.19. The van der Waals surface area contributed by atoms with Gasteiger partial charge in [0.05, 0.1) is 16.5 Å². The molecule has 1 saturated heterocycles. The maximum atomic E-state index is 12.1. The second kappa shape index (κ2) is 6.00. The van der Waals surface area contributed by atoms with E-state index in [1.54, 1.807) is 24.4 Å². The Hall–Kier alpha value is -1.57. The molecule has 8 heteroatoms. The Labute approximate surface area is 150 Å². The Morgan fingerprint density at radius 2 is 1.88 bits per heavy atom. The highest BCUT2D eigenvalue weighted by Gasteiger charge is 2.46. The number of H-pyrrole nitrogens is 1. The molecule has 1 aromatic carbocycles. The van der Waals surface area contributed by atoms with E-state index in [0.717, 1.165) is 5.39 Å². The van der Waals surface area contributed by atoms with Gasteiger partial charge in [-0.05, 0) is 36.4 Å². The summed E-state index contributed by atoms with van der Waals surface area (Å²) in [7, 11) is -3.06. The molecule has 0 spiro atoms. The van der Waals surface area contributed by atoms with Gasteiger partial charge >= 0.3 is 0 Å². The quantitative estimate of drug-likeness (QED) is 0.823. The van der Waals surface area contributed by atoms with Gasteiger partial charge in [0.2, 0.25) is 0 Å². The van der Waals surface area contributed by atoms with Crippen LogP contribution in [0.25, 0.3) is 10.8 Å². The minimum Gasteiger partial charge on any atom is -0.488 e. The van der Waals surface area contributed by atoms with Crippen LogP contribution in [0.1, 0.15) is 12.8 Å². The highest BCUT2D eigenvalue weighted by atomic mass is 35.5. The average molecular weight is 383 g/mol. The third-order valence-corrected chi connectivity index (χ3v) is 7.33. The molecule has 4 rings (SSSR count). The Morgan fingerprint density at radius 3 is 2.56 bits per heavy atom. The molecule has 25 heavy (non-hydrogen) atoms. The van der Waals surface area contributed by atoms with Crippen molar-refractivity contribution in [3.63, 3.8) is 0 Å². The molecule has 0 radical (unpaired) electrons. The smallest absolute Gasteiger partial charge is 0.255 e. The maximum absolute atomic E-state index is 12.1. The highest BCUT2D eigenvalue weighted by Crippen LogP contribution is 2.40. The van der Waals surface area contributed by atoms with Gasteiger partial charge in [-0.15, -0.1) is 0 Å². The van der Waals surface area contributed by atoms with E-state index in [1.165, 1.54) is 0 Å². The second-order valence-corrected chi connectivity index (χ2v) is 9.65. The van der Waals surface area contributed by atoms with Crippen LogP contribution in [0.5, 0.6) is 5.75 Å². The van der Waals surface area contributed by atoms with Gasteiger partial charge < -0.3 is 15.5 Å². The Balaban J connectivity index is 1.69. The van der Waals surface area contributed by atoms with Gasteiger partial charge in [-0.25, -0.2) is 8.42 Å². The zero-order valence-corrected chi connectivity index (χ0v) is 15.0. The number of aromatic amines is 1. The number of halogens is 1. The van der Waals surface area contributed by atoms with E-state index in [0.29, 0.717) is 29.0 Å². The molecular weight excluding hydrogens is 364 g/mol. The predicted octanol–water partition coefficient (Wildman–Crippen LogP) is 1.71. The summed E-state index contributed by atoms with van der Waals surface area (Å²) in [5, 5.41) is 1.57. The number of rotatable bonds is 2. The van der Waals surface area contributed by atoms with E-state index in [9.17, 15) is 13.2 Å². The molecule has 1 aliphatic heterocycles. The molecule has 1 aliphatic carbocycles. The van der Waals surface area contributed by atoms with Gasteiger partial charge in [0, 0.05) is 29.5 Å². The third-order valence-electron chi connectivity index (χ3n) is 5.17. The van der Waals surface area contributed by atoms with Gasteiger partial charge in [0.15, 0.2) is 9.84 Å². The molecule has 2 aliphatic rings. The fourth-order valence-corrected chi connectivity index (χ4v) is 6.49. The molecule has 1 saturated carbocycles. The number of pyridine rings is 1. The van der Waals surface area contributed by atoms with Crippen molar-refractivity contribution in [3.05, 3.63) is 39.8 Å². The van der Waals surface area contributed by atoms with E-state index in [2.05, 4.69) is 4.98 Å². The maximum Gasteiger partial charge on any atom is 0.255 e. The lowest BCUT2D eigenvalue weighted by atomic mass is 9.77. The predicted molar refractivity (Wildman–Crippen MR) is 96.8 cm³/mol. The van der Waals surface area contributed by atoms with E-state index < -0.39 is 9.84 Å². The summed E-state index contributed by atoms with van der Waals surface area (Å²) in [6.45, 7) is 0. The molecule has 2 atom stereocenters. The van der Waals surface area contributed by atoms with E-state index in [-0.39, 0.29) is 41.0 Å². The zero-order chi connectivity index (χ0) is 17.8. The van der Waals surface area contributed by atoms with Crippen LogP contribution in [0.2, 0.25) is 5.02 Å². The van der Waals surface area contributed by atoms with Gasteiger partial charge in [-0.2, -0.15) is 0 Å². The standard InChI is InChI=1S/C17H19ClN2O4S/c18-14-6-13-9(1-2-20-17(13)21)5-15(14)24-16-10-3-12(19)4-11(16)8-25(22,23)7-10/h1-2,5-6,10-12,16H,3-4,7-8,19H2,(H,20,21). The van der Waals surface area contributed by atoms with Crippen molar-refractivity contribution in [3.8, 4) is 5.75 Å². The summed E-state index contributed by atoms with van der Waals surface area (Å²) in [6.07, 6.45) is 2.61. The zero-order valence-electron chi connectivity index (χ0n) is 13.4. The molecule has 6 nitrogen and oxygen atoms in total. The molecule has 2 heterocycles. The largest absolute Gasteiger partial charge is 0.488 e. The fraction of sp³-hybridized carbons (Fsp3) is 0.471. The van der Waals surface area contributed by atoms with E-state index >= 15 is 0 Å². The molecule has 2 bridgehead atoms. The monoisotopic (exact) mass is 382 g/mol.